The molecule has 3 nitrogen and oxygen atoms in total. The minimum atomic E-state index is 0.435. The zero-order valence-electron chi connectivity index (χ0n) is 10.7. The van der Waals surface area contributed by atoms with Crippen LogP contribution in [0.4, 0.5) is 5.69 Å². The quantitative estimate of drug-likeness (QED) is 0.790. The molecule has 0 aromatic heterocycles. The Hall–Kier alpha value is -0.300. The van der Waals surface area contributed by atoms with Crippen molar-refractivity contribution < 1.29 is 0 Å². The maximum atomic E-state index is 5.74. The van der Waals surface area contributed by atoms with Gasteiger partial charge in [0.2, 0.25) is 0 Å². The summed E-state index contributed by atoms with van der Waals surface area (Å²) in [6.07, 6.45) is 0. The molecule has 2 rings (SSSR count). The van der Waals surface area contributed by atoms with Crippen LogP contribution in [0.3, 0.4) is 0 Å². The molecular weight excluding hydrogens is 342 g/mol. The van der Waals surface area contributed by atoms with Gasteiger partial charge in [-0.05, 0) is 18.2 Å². The molecule has 1 aromatic carbocycles. The van der Waals surface area contributed by atoms with Crippen molar-refractivity contribution in [1.82, 2.24) is 4.90 Å². The van der Waals surface area contributed by atoms with Crippen molar-refractivity contribution in [3.05, 3.63) is 28.2 Å². The maximum Gasteiger partial charge on any atom is 0.106 e. The molecule has 0 saturated carbocycles. The highest BCUT2D eigenvalue weighted by Crippen LogP contribution is 2.21. The smallest absolute Gasteiger partial charge is 0.106 e. The highest BCUT2D eigenvalue weighted by molar-refractivity contribution is 9.10. The van der Waals surface area contributed by atoms with Crippen molar-refractivity contribution in [2.24, 2.45) is 5.73 Å². The minimum Gasteiger partial charge on any atom is -0.389 e. The molecule has 1 saturated heterocycles. The highest BCUT2D eigenvalue weighted by Gasteiger charge is 2.10. The van der Waals surface area contributed by atoms with Crippen molar-refractivity contribution >= 4 is 50.6 Å². The highest BCUT2D eigenvalue weighted by atomic mass is 79.9. The van der Waals surface area contributed by atoms with Crippen molar-refractivity contribution in [2.45, 2.75) is 0 Å². The Morgan fingerprint density at radius 2 is 2.16 bits per heavy atom. The number of nitrogens with two attached hydrogens (primary N) is 1. The van der Waals surface area contributed by atoms with E-state index >= 15 is 0 Å². The molecule has 0 unspecified atom stereocenters. The Morgan fingerprint density at radius 3 is 2.84 bits per heavy atom. The van der Waals surface area contributed by atoms with E-state index in [4.69, 9.17) is 18.0 Å². The molecule has 0 amide bonds. The fourth-order valence-electron chi connectivity index (χ4n) is 2.05. The van der Waals surface area contributed by atoms with E-state index in [1.54, 1.807) is 0 Å². The number of anilines is 1. The number of nitrogens with zero attached hydrogens (tertiary/aromatic N) is 1. The molecule has 1 aliphatic heterocycles. The second-order valence-corrected chi connectivity index (χ2v) is 7.02. The molecule has 1 fully saturated rings. The molecule has 6 heteroatoms. The van der Waals surface area contributed by atoms with Gasteiger partial charge in [-0.15, -0.1) is 0 Å². The summed E-state index contributed by atoms with van der Waals surface area (Å²) in [4.78, 5) is 2.92. The molecule has 104 valence electrons. The number of benzene rings is 1. The number of thioether (sulfide) groups is 1. The summed E-state index contributed by atoms with van der Waals surface area (Å²) < 4.78 is 1.03. The summed E-state index contributed by atoms with van der Waals surface area (Å²) in [5.74, 6) is 2.49. The minimum absolute atomic E-state index is 0.435. The largest absolute Gasteiger partial charge is 0.389 e. The van der Waals surface area contributed by atoms with Gasteiger partial charge >= 0.3 is 0 Å². The van der Waals surface area contributed by atoms with Crippen LogP contribution >= 0.6 is 39.9 Å². The standard InChI is InChI=1S/C13H18BrN3S2/c14-10-1-2-11(13(15)18)12(9-10)16-3-4-17-5-7-19-8-6-17/h1-2,9,16H,3-8H2,(H2,15,18). The number of hydrogen-bond acceptors (Lipinski definition) is 4. The number of thiocarbonyl (C=S) groups is 1. The van der Waals surface area contributed by atoms with Crippen LogP contribution in [0.25, 0.3) is 0 Å². The average Bonchev–Trinajstić information content (AvgIpc) is 2.39. The van der Waals surface area contributed by atoms with Crippen LogP contribution in [0.5, 0.6) is 0 Å². The van der Waals surface area contributed by atoms with Gasteiger partial charge in [-0.1, -0.05) is 28.1 Å². The van der Waals surface area contributed by atoms with Gasteiger partial charge in [-0.2, -0.15) is 11.8 Å². The average molecular weight is 360 g/mol. The molecule has 0 spiro atoms. The topological polar surface area (TPSA) is 41.3 Å². The lowest BCUT2D eigenvalue weighted by atomic mass is 10.2. The first-order valence-electron chi connectivity index (χ1n) is 6.30. The number of hydrogen-bond donors (Lipinski definition) is 2. The summed E-state index contributed by atoms with van der Waals surface area (Å²) >= 11 is 10.6. The van der Waals surface area contributed by atoms with E-state index in [-0.39, 0.29) is 0 Å². The predicted octanol–water partition coefficient (Wildman–Crippen LogP) is 2.54. The third-order valence-corrected chi connectivity index (χ3v) is 4.75. The van der Waals surface area contributed by atoms with Crippen LogP contribution in [-0.4, -0.2) is 47.6 Å². The van der Waals surface area contributed by atoms with Crippen LogP contribution in [0.15, 0.2) is 22.7 Å². The summed E-state index contributed by atoms with van der Waals surface area (Å²) in [7, 11) is 0. The van der Waals surface area contributed by atoms with Gasteiger partial charge in [-0.25, -0.2) is 0 Å². The Balaban J connectivity index is 1.91. The van der Waals surface area contributed by atoms with Crippen LogP contribution < -0.4 is 11.1 Å². The van der Waals surface area contributed by atoms with Gasteiger partial charge in [0.15, 0.2) is 0 Å². The molecular formula is C13H18BrN3S2. The van der Waals surface area contributed by atoms with E-state index in [1.165, 1.54) is 24.6 Å². The molecule has 0 bridgehead atoms. The lowest BCUT2D eigenvalue weighted by Crippen LogP contribution is -2.36. The number of nitrogens with one attached hydrogen (secondary N) is 1. The monoisotopic (exact) mass is 359 g/mol. The van der Waals surface area contributed by atoms with Crippen LogP contribution in [0.1, 0.15) is 5.56 Å². The van der Waals surface area contributed by atoms with Gasteiger partial charge in [0.25, 0.3) is 0 Å². The van der Waals surface area contributed by atoms with Gasteiger partial charge < -0.3 is 11.1 Å². The van der Waals surface area contributed by atoms with Crippen LogP contribution in [0, 0.1) is 0 Å². The Labute approximate surface area is 132 Å². The van der Waals surface area contributed by atoms with E-state index in [2.05, 4.69) is 26.1 Å². The molecule has 3 N–H and O–H groups in total. The molecule has 0 aliphatic carbocycles. The lowest BCUT2D eigenvalue weighted by Gasteiger charge is -2.26. The second-order valence-electron chi connectivity index (χ2n) is 4.43. The summed E-state index contributed by atoms with van der Waals surface area (Å²) in [6.45, 7) is 4.35. The van der Waals surface area contributed by atoms with Gasteiger partial charge in [-0.3, -0.25) is 4.90 Å². The molecule has 0 atom stereocenters. The molecule has 0 radical (unpaired) electrons. The van der Waals surface area contributed by atoms with Gasteiger partial charge in [0.05, 0.1) is 0 Å². The lowest BCUT2D eigenvalue weighted by molar-refractivity contribution is 0.314. The molecule has 1 heterocycles. The van der Waals surface area contributed by atoms with E-state index in [1.807, 2.05) is 30.0 Å². The van der Waals surface area contributed by atoms with Crippen molar-refractivity contribution in [2.75, 3.05) is 43.0 Å². The molecule has 19 heavy (non-hydrogen) atoms. The van der Waals surface area contributed by atoms with Crippen molar-refractivity contribution in [3.8, 4) is 0 Å². The van der Waals surface area contributed by atoms with E-state index in [9.17, 15) is 0 Å². The zero-order valence-corrected chi connectivity index (χ0v) is 13.9. The first kappa shape index (κ1) is 15.1. The van der Waals surface area contributed by atoms with Crippen LogP contribution in [-0.2, 0) is 0 Å². The van der Waals surface area contributed by atoms with Crippen LogP contribution in [0.2, 0.25) is 0 Å². The third kappa shape index (κ3) is 4.63. The Kier molecular flexibility index (Phi) is 5.94. The summed E-state index contributed by atoms with van der Waals surface area (Å²) in [6, 6.07) is 5.94. The van der Waals surface area contributed by atoms with Crippen molar-refractivity contribution in [1.29, 1.82) is 0 Å². The predicted molar refractivity (Wildman–Crippen MR) is 92.3 cm³/mol. The van der Waals surface area contributed by atoms with E-state index in [0.717, 1.165) is 28.8 Å². The first-order chi connectivity index (χ1) is 9.16. The first-order valence-corrected chi connectivity index (χ1v) is 8.66. The molecule has 1 aromatic rings. The Bertz CT molecular complexity index is 448. The van der Waals surface area contributed by atoms with Gasteiger partial charge in [0.1, 0.15) is 4.99 Å². The van der Waals surface area contributed by atoms with Gasteiger partial charge in [0, 0.05) is 53.4 Å². The number of halogens is 1. The number of rotatable bonds is 5. The van der Waals surface area contributed by atoms with Crippen molar-refractivity contribution in [3.63, 3.8) is 0 Å². The van der Waals surface area contributed by atoms with E-state index in [0.29, 0.717) is 4.99 Å². The summed E-state index contributed by atoms with van der Waals surface area (Å²) in [5.41, 5.74) is 7.66. The summed E-state index contributed by atoms with van der Waals surface area (Å²) in [5, 5.41) is 3.44. The third-order valence-electron chi connectivity index (χ3n) is 3.09. The SMILES string of the molecule is NC(=S)c1ccc(Br)cc1NCCN1CCSCC1. The van der Waals surface area contributed by atoms with E-state index < -0.39 is 0 Å². The Morgan fingerprint density at radius 1 is 1.42 bits per heavy atom. The normalized spacial score (nSPS) is 16.3. The fraction of sp³-hybridized carbons (Fsp3) is 0.462. The maximum absolute atomic E-state index is 5.74. The zero-order chi connectivity index (χ0) is 13.7. The second kappa shape index (κ2) is 7.47. The fourth-order valence-corrected chi connectivity index (χ4v) is 3.57. The molecule has 1 aliphatic rings.